The third-order valence-corrected chi connectivity index (χ3v) is 11.6. The Balaban J connectivity index is 0.000000472. The topological polar surface area (TPSA) is 107 Å². The van der Waals surface area contributed by atoms with Crippen molar-refractivity contribution in [3.05, 3.63) is 51.5 Å². The third-order valence-electron chi connectivity index (χ3n) is 10.4. The number of nitrogens with zero attached hydrogens (tertiary/aromatic N) is 2. The Bertz CT molecular complexity index is 1270. The van der Waals surface area contributed by atoms with Crippen LogP contribution < -0.4 is 15.7 Å². The predicted molar refractivity (Wildman–Crippen MR) is 155 cm³/mol. The monoisotopic (exact) mass is 621 g/mol. The van der Waals surface area contributed by atoms with Gasteiger partial charge < -0.3 is 25.4 Å². The van der Waals surface area contributed by atoms with Gasteiger partial charge in [-0.25, -0.2) is 4.98 Å². The molecule has 2 aromatic rings. The van der Waals surface area contributed by atoms with Gasteiger partial charge in [-0.05, 0) is 56.4 Å². The Hall–Kier alpha value is -2.50. The number of rotatable bonds is 4. The molecule has 7 nitrogen and oxygen atoms in total. The zero-order chi connectivity index (χ0) is 30.8. The highest BCUT2D eigenvalue weighted by molar-refractivity contribution is 7.11. The number of likely N-dealkylation sites (tertiary alicyclic amines) is 1. The number of thiazole rings is 1. The number of alkyl halides is 3. The standard InChI is InChI=1S/C30H42N4OS.C2HF3O2/c1-20-33-27-25(31-2)13-15-30(28(27)36-20)19-32-18-24(30)29(35)34-16-14-23(21-9-5-3-6-10-21)17-26(34)22-11-7-4-8-12-22;3-2(4,5)1(6)7/h3,5-6,9-10,22-26,31-32H,4,7-8,11-19H2,1-2H3;(H,6,7)/p+1/t23-,24?,25?,26+,30-;/m1./s1. The Morgan fingerprint density at radius 2 is 1.81 bits per heavy atom. The smallest absolute Gasteiger partial charge is 0.430 e. The van der Waals surface area contributed by atoms with Crippen molar-refractivity contribution in [2.75, 3.05) is 26.7 Å². The summed E-state index contributed by atoms with van der Waals surface area (Å²) in [6.07, 6.45) is 5.92. The van der Waals surface area contributed by atoms with Gasteiger partial charge in [0.25, 0.3) is 0 Å². The maximum atomic E-state index is 14.6. The number of amides is 1. The molecule has 2 aliphatic heterocycles. The fourth-order valence-electron chi connectivity index (χ4n) is 8.24. The number of benzene rings is 1. The van der Waals surface area contributed by atoms with E-state index in [9.17, 15) is 18.0 Å². The molecule has 1 aromatic heterocycles. The maximum absolute atomic E-state index is 14.6. The summed E-state index contributed by atoms with van der Waals surface area (Å²) >= 11 is 1.88. The number of aromatic nitrogens is 1. The summed E-state index contributed by atoms with van der Waals surface area (Å²) in [5.74, 6) is -1.21. The fourth-order valence-corrected chi connectivity index (χ4v) is 9.52. The Labute approximate surface area is 255 Å². The first kappa shape index (κ1) is 31.9. The first-order valence-corrected chi connectivity index (χ1v) is 16.6. The van der Waals surface area contributed by atoms with E-state index in [0.29, 0.717) is 29.8 Å². The van der Waals surface area contributed by atoms with Crippen LogP contribution in [0.25, 0.3) is 0 Å². The molecular weight excluding hydrogens is 577 g/mol. The molecule has 5 atom stereocenters. The van der Waals surface area contributed by atoms with E-state index in [4.69, 9.17) is 14.9 Å². The number of nitrogens with two attached hydrogens (primary N) is 2. The molecule has 4 N–H and O–H groups in total. The number of piperidine rings is 1. The molecule has 2 unspecified atom stereocenters. The lowest BCUT2D eigenvalue weighted by atomic mass is 9.67. The van der Waals surface area contributed by atoms with E-state index >= 15 is 0 Å². The van der Waals surface area contributed by atoms with Gasteiger partial charge in [-0.3, -0.25) is 4.79 Å². The lowest BCUT2D eigenvalue weighted by Gasteiger charge is -2.47. The van der Waals surface area contributed by atoms with Crippen LogP contribution in [-0.2, 0) is 15.0 Å². The zero-order valence-electron chi connectivity index (χ0n) is 25.1. The van der Waals surface area contributed by atoms with Crippen LogP contribution in [-0.4, -0.2) is 60.7 Å². The second kappa shape index (κ2) is 13.2. The number of carboxylic acids is 1. The molecule has 0 radical (unpaired) electrons. The molecule has 3 fully saturated rings. The molecule has 11 heteroatoms. The van der Waals surface area contributed by atoms with E-state index in [0.717, 1.165) is 50.3 Å². The van der Waals surface area contributed by atoms with Gasteiger partial charge >= 0.3 is 6.18 Å². The number of carboxylic acid groups (broad SMARTS) is 1. The highest BCUT2D eigenvalue weighted by Crippen LogP contribution is 2.50. The van der Waals surface area contributed by atoms with Gasteiger partial charge in [-0.2, -0.15) is 13.2 Å². The van der Waals surface area contributed by atoms with E-state index in [1.165, 1.54) is 48.2 Å². The Kier molecular flexibility index (Phi) is 9.83. The lowest BCUT2D eigenvalue weighted by Crippen LogP contribution is -2.83. The molecule has 43 heavy (non-hydrogen) atoms. The minimum absolute atomic E-state index is 0.0226. The van der Waals surface area contributed by atoms with Gasteiger partial charge in [-0.1, -0.05) is 49.6 Å². The second-order valence-electron chi connectivity index (χ2n) is 12.8. The number of fused-ring (bicyclic) bond motifs is 2. The number of halogens is 3. The van der Waals surface area contributed by atoms with Crippen molar-refractivity contribution in [1.29, 1.82) is 0 Å². The largest absolute Gasteiger partial charge is 0.542 e. The Morgan fingerprint density at radius 3 is 2.47 bits per heavy atom. The normalized spacial score (nSPS) is 29.6. The van der Waals surface area contributed by atoms with Crippen LogP contribution in [0.3, 0.4) is 0 Å². The second-order valence-corrected chi connectivity index (χ2v) is 14.0. The van der Waals surface area contributed by atoms with Crippen molar-refractivity contribution in [3.63, 3.8) is 0 Å². The zero-order valence-corrected chi connectivity index (χ0v) is 25.9. The number of hydrogen-bond donors (Lipinski definition) is 2. The van der Waals surface area contributed by atoms with E-state index in [2.05, 4.69) is 59.8 Å². The number of carbonyl (C=O) groups is 2. The first-order valence-electron chi connectivity index (χ1n) is 15.8. The first-order chi connectivity index (χ1) is 20.5. The van der Waals surface area contributed by atoms with E-state index in [1.54, 1.807) is 0 Å². The summed E-state index contributed by atoms with van der Waals surface area (Å²) in [4.78, 5) is 32.3. The fraction of sp³-hybridized carbons (Fsp3) is 0.656. The highest BCUT2D eigenvalue weighted by Gasteiger charge is 2.58. The van der Waals surface area contributed by atoms with Crippen LogP contribution in [0, 0.1) is 18.8 Å². The number of aryl methyl sites for hydroxylation is 1. The van der Waals surface area contributed by atoms with Gasteiger partial charge in [0.1, 0.15) is 23.6 Å². The molecule has 2 aliphatic carbocycles. The van der Waals surface area contributed by atoms with Crippen LogP contribution in [0.4, 0.5) is 13.2 Å². The van der Waals surface area contributed by atoms with Crippen molar-refractivity contribution in [1.82, 2.24) is 9.88 Å². The van der Waals surface area contributed by atoms with Gasteiger partial charge in [-0.15, -0.1) is 11.3 Å². The molecule has 2 saturated heterocycles. The van der Waals surface area contributed by atoms with Crippen LogP contribution in [0.5, 0.6) is 0 Å². The number of hydrogen-bond acceptors (Lipinski definition) is 5. The number of quaternary nitrogens is 2. The average Bonchev–Trinajstić information content (AvgIpc) is 3.62. The van der Waals surface area contributed by atoms with Crippen LogP contribution >= 0.6 is 11.3 Å². The lowest BCUT2D eigenvalue weighted by molar-refractivity contribution is -0.673. The SMILES string of the molecule is C[NH2+]C1CC[C@]2(C[NH2+]CC2C(=O)N2CC[C@@H](c3ccccc3)C[C@H]2C2CCCCC2)c2sc(C)nc21.O=C([O-])C(F)(F)F. The summed E-state index contributed by atoms with van der Waals surface area (Å²) in [6, 6.07) is 11.9. The van der Waals surface area contributed by atoms with Gasteiger partial charge in [0, 0.05) is 23.9 Å². The average molecular weight is 622 g/mol. The minimum atomic E-state index is -5.19. The summed E-state index contributed by atoms with van der Waals surface area (Å²) in [5.41, 5.74) is 2.73. The summed E-state index contributed by atoms with van der Waals surface area (Å²) in [6.45, 7) is 5.05. The van der Waals surface area contributed by atoms with E-state index < -0.39 is 12.1 Å². The number of aliphatic carboxylic acids is 1. The molecule has 6 rings (SSSR count). The van der Waals surface area contributed by atoms with Crippen molar-refractivity contribution < 1.29 is 38.5 Å². The van der Waals surface area contributed by atoms with Gasteiger partial charge in [0.15, 0.2) is 0 Å². The number of carbonyl (C=O) groups excluding carboxylic acids is 2. The summed E-state index contributed by atoms with van der Waals surface area (Å²) in [7, 11) is 2.18. The quantitative estimate of drug-likeness (QED) is 0.548. The minimum Gasteiger partial charge on any atom is -0.542 e. The van der Waals surface area contributed by atoms with Crippen molar-refractivity contribution in [3.8, 4) is 0 Å². The molecule has 1 spiro atoms. The van der Waals surface area contributed by atoms with Crippen LogP contribution in [0.2, 0.25) is 0 Å². The van der Waals surface area contributed by atoms with Crippen LogP contribution in [0.15, 0.2) is 30.3 Å². The summed E-state index contributed by atoms with van der Waals surface area (Å²) < 4.78 is 31.5. The predicted octanol–water partition coefficient (Wildman–Crippen LogP) is 2.56. The van der Waals surface area contributed by atoms with Gasteiger partial charge in [0.2, 0.25) is 5.91 Å². The van der Waals surface area contributed by atoms with E-state index in [1.807, 2.05) is 11.3 Å². The molecule has 1 aromatic carbocycles. The highest BCUT2D eigenvalue weighted by atomic mass is 32.1. The van der Waals surface area contributed by atoms with Crippen LogP contribution in [0.1, 0.15) is 90.9 Å². The maximum Gasteiger partial charge on any atom is 0.430 e. The van der Waals surface area contributed by atoms with Crippen molar-refractivity contribution >= 4 is 23.2 Å². The van der Waals surface area contributed by atoms with Crippen molar-refractivity contribution in [2.24, 2.45) is 11.8 Å². The van der Waals surface area contributed by atoms with Gasteiger partial charge in [0.05, 0.1) is 30.6 Å². The summed E-state index contributed by atoms with van der Waals surface area (Å²) in [5, 5.41) is 14.7. The molecule has 1 saturated carbocycles. The molecule has 236 valence electrons. The van der Waals surface area contributed by atoms with E-state index in [-0.39, 0.29) is 11.3 Å². The molecule has 0 bridgehead atoms. The Morgan fingerprint density at radius 1 is 1.12 bits per heavy atom. The molecule has 3 heterocycles. The third kappa shape index (κ3) is 6.63. The molecule has 4 aliphatic rings. The van der Waals surface area contributed by atoms with Crippen molar-refractivity contribution in [2.45, 2.75) is 94.3 Å². The molecular formula is C32H44F3N4O3S+. The molecule has 1 amide bonds.